The summed E-state index contributed by atoms with van der Waals surface area (Å²) in [5, 5.41) is 3.37. The predicted octanol–water partition coefficient (Wildman–Crippen LogP) is 0.526. The van der Waals surface area contributed by atoms with Gasteiger partial charge in [-0.2, -0.15) is 0 Å². The monoisotopic (exact) mass is 320 g/mol. The van der Waals surface area contributed by atoms with Crippen LogP contribution in [0.25, 0.3) is 0 Å². The van der Waals surface area contributed by atoms with E-state index in [0.717, 1.165) is 25.5 Å². The van der Waals surface area contributed by atoms with Crippen molar-refractivity contribution in [2.45, 2.75) is 18.6 Å². The highest BCUT2D eigenvalue weighted by atomic mass is 16.6. The molecule has 0 aliphatic carbocycles. The van der Waals surface area contributed by atoms with Crippen molar-refractivity contribution in [1.29, 1.82) is 0 Å². The fourth-order valence-electron chi connectivity index (χ4n) is 2.80. The summed E-state index contributed by atoms with van der Waals surface area (Å²) in [5.41, 5.74) is 0. The van der Waals surface area contributed by atoms with Gasteiger partial charge in [-0.15, -0.1) is 0 Å². The van der Waals surface area contributed by atoms with Crippen LogP contribution >= 0.6 is 0 Å². The molecular formula is C16H24N4O3. The maximum absolute atomic E-state index is 5.91. The smallest absolute Gasteiger partial charge is 0.213 e. The van der Waals surface area contributed by atoms with Gasteiger partial charge in [-0.25, -0.2) is 4.98 Å². The fraction of sp³-hybridized carbons (Fsp3) is 0.625. The van der Waals surface area contributed by atoms with Crippen molar-refractivity contribution in [1.82, 2.24) is 15.2 Å². The van der Waals surface area contributed by atoms with Gasteiger partial charge >= 0.3 is 0 Å². The molecule has 7 heteroatoms. The molecule has 2 unspecified atom stereocenters. The standard InChI is InChI=1S/C16H24N4O3/c1-17-16(19-10-14-12-21-8-9-22-14)20-7-5-13(11-20)23-15-4-2-3-6-18-15/h2-4,6,13-14H,5,7-12H2,1H3,(H,17,19). The first-order chi connectivity index (χ1) is 11.3. The van der Waals surface area contributed by atoms with Crippen LogP contribution in [0.2, 0.25) is 0 Å². The van der Waals surface area contributed by atoms with Gasteiger partial charge in [0.15, 0.2) is 5.96 Å². The van der Waals surface area contributed by atoms with E-state index in [9.17, 15) is 0 Å². The molecule has 2 fully saturated rings. The SMILES string of the molecule is CN=C(NCC1COCCO1)N1CCC(Oc2ccccn2)C1. The Hall–Kier alpha value is -1.86. The lowest BCUT2D eigenvalue weighted by molar-refractivity contribution is -0.0851. The van der Waals surface area contributed by atoms with Crippen LogP contribution < -0.4 is 10.1 Å². The van der Waals surface area contributed by atoms with Gasteiger partial charge in [-0.3, -0.25) is 4.99 Å². The van der Waals surface area contributed by atoms with Crippen LogP contribution in [0.15, 0.2) is 29.4 Å². The Morgan fingerprint density at radius 1 is 1.48 bits per heavy atom. The lowest BCUT2D eigenvalue weighted by Crippen LogP contribution is -2.46. The first kappa shape index (κ1) is 16.0. The van der Waals surface area contributed by atoms with E-state index in [1.807, 2.05) is 18.2 Å². The van der Waals surface area contributed by atoms with Crippen LogP contribution in [-0.4, -0.2) is 74.6 Å². The number of nitrogens with one attached hydrogen (secondary N) is 1. The lowest BCUT2D eigenvalue weighted by Gasteiger charge is -2.26. The highest BCUT2D eigenvalue weighted by Crippen LogP contribution is 2.16. The van der Waals surface area contributed by atoms with Crippen LogP contribution in [0.1, 0.15) is 6.42 Å². The Morgan fingerprint density at radius 3 is 3.17 bits per heavy atom. The number of aliphatic imine (C=N–C) groups is 1. The summed E-state index contributed by atoms with van der Waals surface area (Å²) < 4.78 is 17.0. The van der Waals surface area contributed by atoms with Crippen molar-refractivity contribution < 1.29 is 14.2 Å². The highest BCUT2D eigenvalue weighted by Gasteiger charge is 2.27. The zero-order chi connectivity index (χ0) is 15.9. The van der Waals surface area contributed by atoms with Gasteiger partial charge in [0.1, 0.15) is 6.10 Å². The summed E-state index contributed by atoms with van der Waals surface area (Å²) in [5.74, 6) is 1.56. The molecule has 1 aromatic heterocycles. The van der Waals surface area contributed by atoms with Crippen molar-refractivity contribution in [2.75, 3.05) is 46.5 Å². The van der Waals surface area contributed by atoms with Crippen LogP contribution in [0.3, 0.4) is 0 Å². The minimum Gasteiger partial charge on any atom is -0.472 e. The third kappa shape index (κ3) is 4.56. The van der Waals surface area contributed by atoms with E-state index in [1.165, 1.54) is 0 Å². The number of rotatable bonds is 4. The topological polar surface area (TPSA) is 68.2 Å². The van der Waals surface area contributed by atoms with Crippen molar-refractivity contribution in [3.63, 3.8) is 0 Å². The molecule has 1 N–H and O–H groups in total. The second kappa shape index (κ2) is 8.12. The normalized spacial score (nSPS) is 25.4. The zero-order valence-corrected chi connectivity index (χ0v) is 13.5. The largest absolute Gasteiger partial charge is 0.472 e. The number of ether oxygens (including phenoxy) is 3. The van der Waals surface area contributed by atoms with Gasteiger partial charge in [0.25, 0.3) is 0 Å². The minimum absolute atomic E-state index is 0.0867. The van der Waals surface area contributed by atoms with Gasteiger partial charge in [0, 0.05) is 38.8 Å². The van der Waals surface area contributed by atoms with Gasteiger partial charge in [0.2, 0.25) is 5.88 Å². The van der Waals surface area contributed by atoms with E-state index in [0.29, 0.717) is 32.2 Å². The molecule has 3 heterocycles. The molecule has 0 spiro atoms. The van der Waals surface area contributed by atoms with E-state index in [2.05, 4.69) is 20.2 Å². The summed E-state index contributed by atoms with van der Waals surface area (Å²) in [4.78, 5) is 10.8. The second-order valence-corrected chi connectivity index (χ2v) is 5.64. The number of aromatic nitrogens is 1. The summed E-state index contributed by atoms with van der Waals surface area (Å²) >= 11 is 0. The molecule has 3 rings (SSSR count). The summed E-state index contributed by atoms with van der Waals surface area (Å²) in [6, 6.07) is 5.70. The van der Waals surface area contributed by atoms with Crippen molar-refractivity contribution >= 4 is 5.96 Å². The van der Waals surface area contributed by atoms with E-state index in [-0.39, 0.29) is 12.2 Å². The Bertz CT molecular complexity index is 505. The maximum atomic E-state index is 5.91. The molecule has 1 aromatic rings. The average Bonchev–Trinajstić information content (AvgIpc) is 3.06. The molecule has 126 valence electrons. The second-order valence-electron chi connectivity index (χ2n) is 5.64. The van der Waals surface area contributed by atoms with Gasteiger partial charge in [0.05, 0.1) is 32.5 Å². The minimum atomic E-state index is 0.0867. The first-order valence-corrected chi connectivity index (χ1v) is 8.08. The number of likely N-dealkylation sites (tertiary alicyclic amines) is 1. The Balaban J connectivity index is 1.46. The summed E-state index contributed by atoms with van der Waals surface area (Å²) in [6.45, 7) is 4.40. The molecule has 0 bridgehead atoms. The van der Waals surface area contributed by atoms with E-state index < -0.39 is 0 Å². The van der Waals surface area contributed by atoms with Gasteiger partial charge in [-0.05, 0) is 6.07 Å². The molecule has 2 saturated heterocycles. The van der Waals surface area contributed by atoms with Crippen LogP contribution in [0, 0.1) is 0 Å². The zero-order valence-electron chi connectivity index (χ0n) is 13.5. The number of hydrogen-bond acceptors (Lipinski definition) is 5. The molecule has 0 radical (unpaired) electrons. The number of nitrogens with zero attached hydrogens (tertiary/aromatic N) is 3. The Kier molecular flexibility index (Phi) is 5.65. The summed E-state index contributed by atoms with van der Waals surface area (Å²) in [6.07, 6.45) is 2.93. The van der Waals surface area contributed by atoms with Crippen LogP contribution in [-0.2, 0) is 9.47 Å². The number of hydrogen-bond donors (Lipinski definition) is 1. The predicted molar refractivity (Wildman–Crippen MR) is 86.8 cm³/mol. The molecule has 2 aliphatic rings. The molecule has 2 atom stereocenters. The molecular weight excluding hydrogens is 296 g/mol. The quantitative estimate of drug-likeness (QED) is 0.645. The van der Waals surface area contributed by atoms with E-state index in [4.69, 9.17) is 14.2 Å². The van der Waals surface area contributed by atoms with Gasteiger partial charge in [-0.1, -0.05) is 6.07 Å². The van der Waals surface area contributed by atoms with E-state index >= 15 is 0 Å². The molecule has 7 nitrogen and oxygen atoms in total. The van der Waals surface area contributed by atoms with Crippen LogP contribution in [0.5, 0.6) is 5.88 Å². The van der Waals surface area contributed by atoms with Crippen LogP contribution in [0.4, 0.5) is 0 Å². The lowest BCUT2D eigenvalue weighted by atomic mass is 10.3. The van der Waals surface area contributed by atoms with E-state index in [1.54, 1.807) is 13.2 Å². The Labute approximate surface area is 136 Å². The molecule has 0 aromatic carbocycles. The Morgan fingerprint density at radius 2 is 2.43 bits per heavy atom. The molecule has 23 heavy (non-hydrogen) atoms. The molecule has 2 aliphatic heterocycles. The molecule has 0 amide bonds. The third-order valence-corrected chi connectivity index (χ3v) is 3.95. The van der Waals surface area contributed by atoms with Crippen molar-refractivity contribution in [2.24, 2.45) is 4.99 Å². The third-order valence-electron chi connectivity index (χ3n) is 3.95. The average molecular weight is 320 g/mol. The van der Waals surface area contributed by atoms with Gasteiger partial charge < -0.3 is 24.4 Å². The summed E-state index contributed by atoms with van der Waals surface area (Å²) in [7, 11) is 1.80. The fourth-order valence-corrected chi connectivity index (χ4v) is 2.80. The number of guanidine groups is 1. The maximum Gasteiger partial charge on any atom is 0.213 e. The molecule has 0 saturated carbocycles. The highest BCUT2D eigenvalue weighted by molar-refractivity contribution is 5.80. The van der Waals surface area contributed by atoms with Crippen molar-refractivity contribution in [3.8, 4) is 5.88 Å². The van der Waals surface area contributed by atoms with Crippen molar-refractivity contribution in [3.05, 3.63) is 24.4 Å². The first-order valence-electron chi connectivity index (χ1n) is 8.08. The number of pyridine rings is 1.